The molecule has 1 heterocycles. The second kappa shape index (κ2) is 6.13. The lowest BCUT2D eigenvalue weighted by atomic mass is 10.0. The Morgan fingerprint density at radius 2 is 1.95 bits per heavy atom. The summed E-state index contributed by atoms with van der Waals surface area (Å²) in [5, 5.41) is 3.23. The first-order chi connectivity index (χ1) is 10.6. The molecule has 1 fully saturated rings. The molecule has 0 bridgehead atoms. The van der Waals surface area contributed by atoms with Gasteiger partial charge in [0, 0.05) is 9.75 Å². The van der Waals surface area contributed by atoms with Crippen molar-refractivity contribution in [2.24, 2.45) is 5.92 Å². The molecule has 1 aromatic carbocycles. The smallest absolute Gasteiger partial charge is 0.252 e. The van der Waals surface area contributed by atoms with Gasteiger partial charge in [0.25, 0.3) is 5.91 Å². The fraction of sp³-hybridized carbons (Fsp3) is 0.389. The van der Waals surface area contributed by atoms with Crippen molar-refractivity contribution < 1.29 is 9.53 Å². The summed E-state index contributed by atoms with van der Waals surface area (Å²) in [6.07, 6.45) is 2.36. The van der Waals surface area contributed by atoms with E-state index in [-0.39, 0.29) is 11.9 Å². The third kappa shape index (κ3) is 3.17. The van der Waals surface area contributed by atoms with E-state index in [0.29, 0.717) is 5.92 Å². The number of amides is 1. The number of benzene rings is 1. The van der Waals surface area contributed by atoms with Crippen molar-refractivity contribution in [3.63, 3.8) is 0 Å². The second-order valence-corrected chi connectivity index (χ2v) is 7.35. The van der Waals surface area contributed by atoms with E-state index in [2.05, 4.69) is 5.32 Å². The molecule has 116 valence electrons. The number of ether oxygens (including phenoxy) is 1. The summed E-state index contributed by atoms with van der Waals surface area (Å²) in [6, 6.07) is 10.1. The first-order valence-electron chi connectivity index (χ1n) is 7.60. The zero-order chi connectivity index (χ0) is 15.7. The molecule has 1 N–H and O–H groups in total. The molecule has 1 amide bonds. The highest BCUT2D eigenvalue weighted by molar-refractivity contribution is 7.12. The highest BCUT2D eigenvalue weighted by Crippen LogP contribution is 2.41. The SMILES string of the molecule is COc1ccc(C(NC(=O)c2cc(C)sc2C)C2CC2)cc1. The van der Waals surface area contributed by atoms with E-state index >= 15 is 0 Å². The van der Waals surface area contributed by atoms with Gasteiger partial charge in [0.2, 0.25) is 0 Å². The Labute approximate surface area is 135 Å². The highest BCUT2D eigenvalue weighted by atomic mass is 32.1. The standard InChI is InChI=1S/C18H21NO2S/c1-11-10-16(12(2)22-11)18(20)19-17(13-4-5-13)14-6-8-15(21-3)9-7-14/h6-10,13,17H,4-5H2,1-3H3,(H,19,20). The summed E-state index contributed by atoms with van der Waals surface area (Å²) >= 11 is 1.67. The van der Waals surface area contributed by atoms with E-state index < -0.39 is 0 Å². The van der Waals surface area contributed by atoms with Gasteiger partial charge in [0.1, 0.15) is 5.75 Å². The van der Waals surface area contributed by atoms with E-state index in [1.807, 2.05) is 44.2 Å². The van der Waals surface area contributed by atoms with E-state index in [1.54, 1.807) is 18.4 Å². The lowest BCUT2D eigenvalue weighted by molar-refractivity contribution is 0.0931. The molecule has 1 aliphatic rings. The number of aryl methyl sites for hydroxylation is 2. The largest absolute Gasteiger partial charge is 0.497 e. The van der Waals surface area contributed by atoms with E-state index in [0.717, 1.165) is 21.8 Å². The number of nitrogens with one attached hydrogen (secondary N) is 1. The second-order valence-electron chi connectivity index (χ2n) is 5.89. The molecule has 3 nitrogen and oxygen atoms in total. The average molecular weight is 315 g/mol. The first-order valence-corrected chi connectivity index (χ1v) is 8.42. The van der Waals surface area contributed by atoms with Crippen LogP contribution in [0.15, 0.2) is 30.3 Å². The summed E-state index contributed by atoms with van der Waals surface area (Å²) in [5.41, 5.74) is 1.96. The maximum Gasteiger partial charge on any atom is 0.252 e. The summed E-state index contributed by atoms with van der Waals surface area (Å²) in [5.74, 6) is 1.43. The van der Waals surface area contributed by atoms with Gasteiger partial charge < -0.3 is 10.1 Å². The molecule has 1 atom stereocenters. The average Bonchev–Trinajstić information content (AvgIpc) is 3.29. The molecule has 3 rings (SSSR count). The normalized spacial score (nSPS) is 15.4. The molecule has 1 unspecified atom stereocenters. The topological polar surface area (TPSA) is 38.3 Å². The number of methoxy groups -OCH3 is 1. The quantitative estimate of drug-likeness (QED) is 0.895. The Morgan fingerprint density at radius 1 is 1.27 bits per heavy atom. The van der Waals surface area contributed by atoms with Crippen LogP contribution in [0.5, 0.6) is 5.75 Å². The number of hydrogen-bond donors (Lipinski definition) is 1. The Balaban J connectivity index is 1.79. The lowest BCUT2D eigenvalue weighted by Gasteiger charge is -2.19. The summed E-state index contributed by atoms with van der Waals surface area (Å²) in [6.45, 7) is 4.04. The minimum atomic E-state index is 0.0366. The zero-order valence-electron chi connectivity index (χ0n) is 13.2. The van der Waals surface area contributed by atoms with Crippen molar-refractivity contribution in [2.45, 2.75) is 32.7 Å². The van der Waals surface area contributed by atoms with Gasteiger partial charge in [-0.15, -0.1) is 11.3 Å². The van der Waals surface area contributed by atoms with Crippen LogP contribution in [0.25, 0.3) is 0 Å². The van der Waals surface area contributed by atoms with Crippen LogP contribution in [0.4, 0.5) is 0 Å². The molecule has 22 heavy (non-hydrogen) atoms. The van der Waals surface area contributed by atoms with Crippen molar-refractivity contribution in [3.05, 3.63) is 51.2 Å². The molecule has 0 spiro atoms. The predicted molar refractivity (Wildman–Crippen MR) is 89.7 cm³/mol. The lowest BCUT2D eigenvalue weighted by Crippen LogP contribution is -2.30. The number of carbonyl (C=O) groups excluding carboxylic acids is 1. The van der Waals surface area contributed by atoms with Gasteiger partial charge >= 0.3 is 0 Å². The van der Waals surface area contributed by atoms with Gasteiger partial charge in [-0.3, -0.25) is 4.79 Å². The van der Waals surface area contributed by atoms with Crippen LogP contribution in [0.3, 0.4) is 0 Å². The first kappa shape index (κ1) is 15.1. The third-order valence-corrected chi connectivity index (χ3v) is 5.11. The van der Waals surface area contributed by atoms with Gasteiger partial charge in [0.05, 0.1) is 18.7 Å². The van der Waals surface area contributed by atoms with Crippen molar-refractivity contribution in [1.82, 2.24) is 5.32 Å². The molecule has 0 saturated heterocycles. The van der Waals surface area contributed by atoms with Crippen LogP contribution in [-0.4, -0.2) is 13.0 Å². The van der Waals surface area contributed by atoms with Crippen molar-refractivity contribution >= 4 is 17.2 Å². The van der Waals surface area contributed by atoms with Gasteiger partial charge in [0.15, 0.2) is 0 Å². The molecule has 0 radical (unpaired) electrons. The minimum Gasteiger partial charge on any atom is -0.497 e. The molecule has 4 heteroatoms. The van der Waals surface area contributed by atoms with Crippen LogP contribution in [-0.2, 0) is 0 Å². The molecular weight excluding hydrogens is 294 g/mol. The molecule has 1 aromatic heterocycles. The molecule has 1 saturated carbocycles. The van der Waals surface area contributed by atoms with E-state index in [9.17, 15) is 4.79 Å². The molecule has 1 aliphatic carbocycles. The maximum absolute atomic E-state index is 12.6. The summed E-state index contributed by atoms with van der Waals surface area (Å²) in [4.78, 5) is 14.8. The van der Waals surface area contributed by atoms with E-state index in [4.69, 9.17) is 4.74 Å². The summed E-state index contributed by atoms with van der Waals surface area (Å²) in [7, 11) is 1.66. The fourth-order valence-corrected chi connectivity index (χ4v) is 3.71. The van der Waals surface area contributed by atoms with Crippen LogP contribution in [0, 0.1) is 19.8 Å². The van der Waals surface area contributed by atoms with Crippen LogP contribution < -0.4 is 10.1 Å². The molecular formula is C18H21NO2S. The summed E-state index contributed by atoms with van der Waals surface area (Å²) < 4.78 is 5.21. The maximum atomic E-state index is 12.6. The fourth-order valence-electron chi connectivity index (χ4n) is 2.79. The molecule has 0 aliphatic heterocycles. The zero-order valence-corrected chi connectivity index (χ0v) is 14.0. The van der Waals surface area contributed by atoms with Crippen LogP contribution in [0.1, 0.15) is 44.6 Å². The monoisotopic (exact) mass is 315 g/mol. The van der Waals surface area contributed by atoms with Gasteiger partial charge in [-0.1, -0.05) is 12.1 Å². The van der Waals surface area contributed by atoms with Gasteiger partial charge in [-0.25, -0.2) is 0 Å². The van der Waals surface area contributed by atoms with Crippen LogP contribution in [0.2, 0.25) is 0 Å². The van der Waals surface area contributed by atoms with Crippen molar-refractivity contribution in [2.75, 3.05) is 7.11 Å². The Hall–Kier alpha value is -1.81. The molecule has 2 aromatic rings. The van der Waals surface area contributed by atoms with Crippen LogP contribution >= 0.6 is 11.3 Å². The number of hydrogen-bond acceptors (Lipinski definition) is 3. The van der Waals surface area contributed by atoms with Crippen molar-refractivity contribution in [1.29, 1.82) is 0 Å². The Morgan fingerprint density at radius 3 is 2.45 bits per heavy atom. The predicted octanol–water partition coefficient (Wildman–Crippen LogP) is 4.25. The minimum absolute atomic E-state index is 0.0366. The number of rotatable bonds is 5. The van der Waals surface area contributed by atoms with Gasteiger partial charge in [-0.05, 0) is 56.4 Å². The third-order valence-electron chi connectivity index (χ3n) is 4.14. The van der Waals surface area contributed by atoms with Gasteiger partial charge in [-0.2, -0.15) is 0 Å². The number of thiophene rings is 1. The van der Waals surface area contributed by atoms with Crippen molar-refractivity contribution in [3.8, 4) is 5.75 Å². The highest BCUT2D eigenvalue weighted by Gasteiger charge is 2.33. The number of carbonyl (C=O) groups is 1. The van der Waals surface area contributed by atoms with E-state index in [1.165, 1.54) is 17.7 Å². The Bertz CT molecular complexity index is 671. The Kier molecular flexibility index (Phi) is 4.21.